The van der Waals surface area contributed by atoms with Gasteiger partial charge in [-0.2, -0.15) is 0 Å². The lowest BCUT2D eigenvalue weighted by atomic mass is 10.1. The molecule has 0 saturated heterocycles. The molecule has 0 aliphatic carbocycles. The molecule has 0 aliphatic rings. The number of carbonyl (C=O) groups is 1. The first-order valence-electron chi connectivity index (χ1n) is 4.91. The highest BCUT2D eigenvalue weighted by atomic mass is 79.9. The van der Waals surface area contributed by atoms with Crippen molar-refractivity contribution in [2.24, 2.45) is 7.05 Å². The van der Waals surface area contributed by atoms with Gasteiger partial charge in [-0.15, -0.1) is 0 Å². The second kappa shape index (κ2) is 4.82. The van der Waals surface area contributed by atoms with Gasteiger partial charge < -0.3 is 9.30 Å². The number of halogens is 1. The Balaban J connectivity index is 3.71. The quantitative estimate of drug-likeness (QED) is 0.780. The average molecular weight is 288 g/mol. The summed E-state index contributed by atoms with van der Waals surface area (Å²) in [4.78, 5) is 23.5. The van der Waals surface area contributed by atoms with Gasteiger partial charge in [-0.25, -0.2) is 4.79 Å². The highest BCUT2D eigenvalue weighted by molar-refractivity contribution is 9.10. The van der Waals surface area contributed by atoms with Gasteiger partial charge in [0.25, 0.3) is 0 Å². The molecule has 16 heavy (non-hydrogen) atoms. The third kappa shape index (κ3) is 1.91. The van der Waals surface area contributed by atoms with Crippen molar-refractivity contribution in [1.29, 1.82) is 0 Å². The van der Waals surface area contributed by atoms with Crippen LogP contribution in [0.25, 0.3) is 0 Å². The second-order valence-corrected chi connectivity index (χ2v) is 4.25. The zero-order valence-corrected chi connectivity index (χ0v) is 11.3. The molecule has 0 spiro atoms. The van der Waals surface area contributed by atoms with Gasteiger partial charge in [-0.1, -0.05) is 6.92 Å². The van der Waals surface area contributed by atoms with Crippen molar-refractivity contribution in [3.8, 4) is 0 Å². The van der Waals surface area contributed by atoms with E-state index in [1.165, 1.54) is 7.11 Å². The molecule has 0 aliphatic heterocycles. The normalized spacial score (nSPS) is 10.3. The largest absolute Gasteiger partial charge is 0.465 e. The van der Waals surface area contributed by atoms with Gasteiger partial charge in [-0.05, 0) is 29.3 Å². The van der Waals surface area contributed by atoms with E-state index in [2.05, 4.69) is 20.7 Å². The first-order chi connectivity index (χ1) is 7.45. The number of pyridine rings is 1. The second-order valence-electron chi connectivity index (χ2n) is 3.45. The molecule has 4 nitrogen and oxygen atoms in total. The van der Waals surface area contributed by atoms with Gasteiger partial charge in [-0.3, -0.25) is 4.79 Å². The number of esters is 1. The highest BCUT2D eigenvalue weighted by Gasteiger charge is 2.21. The van der Waals surface area contributed by atoms with E-state index in [0.717, 1.165) is 5.69 Å². The minimum Gasteiger partial charge on any atom is -0.465 e. The van der Waals surface area contributed by atoms with Gasteiger partial charge in [0.15, 0.2) is 0 Å². The van der Waals surface area contributed by atoms with Crippen molar-refractivity contribution in [3.05, 3.63) is 31.6 Å². The Morgan fingerprint density at radius 2 is 2.06 bits per heavy atom. The number of carbonyl (C=O) groups excluding carboxylic acids is 1. The number of methoxy groups -OCH3 is 1. The molecule has 0 bridgehead atoms. The zero-order chi connectivity index (χ0) is 12.5. The molecule has 88 valence electrons. The number of nitrogens with zero attached hydrogens (tertiary/aromatic N) is 1. The Bertz CT molecular complexity index is 491. The molecule has 5 heteroatoms. The smallest absolute Gasteiger partial charge is 0.343 e. The van der Waals surface area contributed by atoms with Gasteiger partial charge in [0.1, 0.15) is 5.56 Å². The molecule has 0 unspecified atom stereocenters. The fraction of sp³-hybridized carbons (Fsp3) is 0.455. The van der Waals surface area contributed by atoms with Crippen LogP contribution in [0.5, 0.6) is 0 Å². The summed E-state index contributed by atoms with van der Waals surface area (Å²) in [6, 6.07) is 0. The van der Waals surface area contributed by atoms with E-state index in [1.54, 1.807) is 0 Å². The van der Waals surface area contributed by atoms with Crippen molar-refractivity contribution >= 4 is 21.9 Å². The number of hydrogen-bond donors (Lipinski definition) is 0. The van der Waals surface area contributed by atoms with Crippen LogP contribution in [0.3, 0.4) is 0 Å². The van der Waals surface area contributed by atoms with E-state index in [-0.39, 0.29) is 11.0 Å². The Morgan fingerprint density at radius 1 is 1.50 bits per heavy atom. The molecule has 0 fully saturated rings. The van der Waals surface area contributed by atoms with E-state index in [4.69, 9.17) is 0 Å². The number of aromatic nitrogens is 1. The molecule has 0 amide bonds. The maximum Gasteiger partial charge on any atom is 0.343 e. The molecule has 0 atom stereocenters. The predicted octanol–water partition coefficient (Wildman–Crippen LogP) is 1.81. The number of hydrogen-bond acceptors (Lipinski definition) is 3. The van der Waals surface area contributed by atoms with Crippen LogP contribution in [-0.2, 0) is 18.2 Å². The van der Waals surface area contributed by atoms with Gasteiger partial charge in [0, 0.05) is 18.4 Å². The van der Waals surface area contributed by atoms with Crippen molar-refractivity contribution in [3.63, 3.8) is 0 Å². The fourth-order valence-electron chi connectivity index (χ4n) is 1.65. The molecule has 1 rings (SSSR count). The summed E-state index contributed by atoms with van der Waals surface area (Å²) in [7, 11) is 3.10. The van der Waals surface area contributed by atoms with Crippen LogP contribution in [0, 0.1) is 6.92 Å². The summed E-state index contributed by atoms with van der Waals surface area (Å²) in [6.45, 7) is 3.72. The maximum absolute atomic E-state index is 12.0. The zero-order valence-electron chi connectivity index (χ0n) is 9.76. The van der Waals surface area contributed by atoms with Crippen molar-refractivity contribution in [2.75, 3.05) is 7.11 Å². The van der Waals surface area contributed by atoms with Gasteiger partial charge >= 0.3 is 5.97 Å². The Kier molecular flexibility index (Phi) is 3.91. The monoisotopic (exact) mass is 287 g/mol. The summed E-state index contributed by atoms with van der Waals surface area (Å²) in [5.41, 5.74) is 1.30. The summed E-state index contributed by atoms with van der Waals surface area (Å²) < 4.78 is 6.88. The maximum atomic E-state index is 12.0. The van der Waals surface area contributed by atoms with E-state index in [9.17, 15) is 9.59 Å². The highest BCUT2D eigenvalue weighted by Crippen LogP contribution is 2.16. The SMILES string of the molecule is CCc1c(C(=O)OC)c(=O)c(Br)c(C)n1C. The third-order valence-corrected chi connectivity index (χ3v) is 3.60. The van der Waals surface area contributed by atoms with E-state index in [0.29, 0.717) is 16.6 Å². The summed E-state index contributed by atoms with van der Waals surface area (Å²) in [5.74, 6) is -0.585. The summed E-state index contributed by atoms with van der Waals surface area (Å²) >= 11 is 3.20. The molecular weight excluding hydrogens is 274 g/mol. The minimum atomic E-state index is -0.585. The standard InChI is InChI=1S/C11H14BrNO3/c1-5-7-8(11(15)16-4)10(14)9(12)6(2)13(7)3/h5H2,1-4H3. The molecule has 0 saturated carbocycles. The fourth-order valence-corrected chi connectivity index (χ4v) is 2.11. The lowest BCUT2D eigenvalue weighted by Crippen LogP contribution is -2.25. The van der Waals surface area contributed by atoms with Crippen molar-refractivity contribution in [2.45, 2.75) is 20.3 Å². The van der Waals surface area contributed by atoms with Gasteiger partial charge in [0.05, 0.1) is 11.6 Å². The van der Waals surface area contributed by atoms with E-state index < -0.39 is 5.97 Å². The van der Waals surface area contributed by atoms with Crippen LogP contribution in [0.15, 0.2) is 9.27 Å². The summed E-state index contributed by atoms with van der Waals surface area (Å²) in [6.07, 6.45) is 0.601. The van der Waals surface area contributed by atoms with E-state index >= 15 is 0 Å². The Labute approximate surface area is 102 Å². The van der Waals surface area contributed by atoms with Gasteiger partial charge in [0.2, 0.25) is 5.43 Å². The average Bonchev–Trinajstić information content (AvgIpc) is 2.29. The third-order valence-electron chi connectivity index (χ3n) is 2.67. The number of ether oxygens (including phenoxy) is 1. The van der Waals surface area contributed by atoms with Crippen molar-refractivity contribution in [1.82, 2.24) is 4.57 Å². The first-order valence-corrected chi connectivity index (χ1v) is 5.71. The van der Waals surface area contributed by atoms with E-state index in [1.807, 2.05) is 25.5 Å². The van der Waals surface area contributed by atoms with Crippen LogP contribution in [0.1, 0.15) is 28.7 Å². The topological polar surface area (TPSA) is 48.3 Å². The van der Waals surface area contributed by atoms with Crippen LogP contribution in [-0.4, -0.2) is 17.6 Å². The molecule has 1 aromatic rings. The lowest BCUT2D eigenvalue weighted by Gasteiger charge is -2.15. The summed E-state index contributed by atoms with van der Waals surface area (Å²) in [5, 5.41) is 0. The Hall–Kier alpha value is -1.10. The minimum absolute atomic E-state index is 0.116. The van der Waals surface area contributed by atoms with Crippen LogP contribution in [0.2, 0.25) is 0 Å². The van der Waals surface area contributed by atoms with Crippen LogP contribution in [0.4, 0.5) is 0 Å². The molecule has 0 radical (unpaired) electrons. The number of rotatable bonds is 2. The molecule has 0 aromatic carbocycles. The molecule has 1 aromatic heterocycles. The Morgan fingerprint density at radius 3 is 2.50 bits per heavy atom. The lowest BCUT2D eigenvalue weighted by molar-refractivity contribution is 0.0596. The van der Waals surface area contributed by atoms with Crippen molar-refractivity contribution < 1.29 is 9.53 Å². The molecule has 1 heterocycles. The van der Waals surface area contributed by atoms with Crippen LogP contribution < -0.4 is 5.43 Å². The molecule has 0 N–H and O–H groups in total. The molecular formula is C11H14BrNO3. The predicted molar refractivity (Wildman–Crippen MR) is 64.8 cm³/mol. The first kappa shape index (κ1) is 13.0. The van der Waals surface area contributed by atoms with Crippen LogP contribution >= 0.6 is 15.9 Å².